The average molecular weight is 344 g/mol. The van der Waals surface area contributed by atoms with E-state index in [1.54, 1.807) is 11.3 Å². The van der Waals surface area contributed by atoms with E-state index in [0.717, 1.165) is 4.88 Å². The molecule has 100 valence electrons. The summed E-state index contributed by atoms with van der Waals surface area (Å²) in [5.74, 6) is -1.40. The van der Waals surface area contributed by atoms with Crippen molar-refractivity contribution >= 4 is 33.2 Å². The number of halogens is 2. The number of nitrogens with one attached hydrogen (secondary N) is 1. The van der Waals surface area contributed by atoms with Crippen molar-refractivity contribution in [2.24, 2.45) is 0 Å². The van der Waals surface area contributed by atoms with Gasteiger partial charge in [0.05, 0.1) is 0 Å². The summed E-state index contributed by atoms with van der Waals surface area (Å²) in [5.41, 5.74) is 0.505. The zero-order valence-electron chi connectivity index (χ0n) is 9.77. The van der Waals surface area contributed by atoms with Crippen molar-refractivity contribution in [3.63, 3.8) is 0 Å². The molecule has 2 rings (SSSR count). The summed E-state index contributed by atoms with van der Waals surface area (Å²) >= 11 is 4.75. The molecule has 1 aromatic carbocycles. The minimum Gasteiger partial charge on any atom is -0.480 e. The molecule has 0 aliphatic rings. The third-order valence-corrected chi connectivity index (χ3v) is 4.14. The van der Waals surface area contributed by atoms with Gasteiger partial charge in [0.25, 0.3) is 0 Å². The molecule has 0 bridgehead atoms. The molecule has 2 N–H and O–H groups in total. The number of hydrogen-bond acceptors (Lipinski definition) is 3. The van der Waals surface area contributed by atoms with E-state index < -0.39 is 17.8 Å². The molecule has 1 heterocycles. The van der Waals surface area contributed by atoms with E-state index in [0.29, 0.717) is 16.6 Å². The number of thiophene rings is 1. The van der Waals surface area contributed by atoms with Crippen molar-refractivity contribution in [1.82, 2.24) is 5.32 Å². The van der Waals surface area contributed by atoms with E-state index in [-0.39, 0.29) is 0 Å². The largest absolute Gasteiger partial charge is 0.480 e. The Hall–Kier alpha value is -1.24. The maximum atomic E-state index is 13.0. The fraction of sp³-hybridized carbons (Fsp3) is 0.154. The highest BCUT2D eigenvalue weighted by atomic mass is 79.9. The number of hydrogen-bond donors (Lipinski definition) is 2. The van der Waals surface area contributed by atoms with Gasteiger partial charge >= 0.3 is 5.97 Å². The minimum atomic E-state index is -0.996. The molecule has 0 aliphatic heterocycles. The first kappa shape index (κ1) is 14.2. The lowest BCUT2D eigenvalue weighted by Gasteiger charge is -2.16. The van der Waals surface area contributed by atoms with E-state index in [1.807, 2.05) is 17.5 Å². The van der Waals surface area contributed by atoms with Gasteiger partial charge in [-0.25, -0.2) is 4.39 Å². The van der Waals surface area contributed by atoms with Crippen LogP contribution in [0.1, 0.15) is 16.5 Å². The molecule has 0 spiro atoms. The number of rotatable bonds is 5. The maximum absolute atomic E-state index is 13.0. The number of aliphatic carboxylic acids is 1. The normalized spacial score (nSPS) is 12.3. The molecular formula is C13H11BrFNO2S. The Morgan fingerprint density at radius 2 is 2.26 bits per heavy atom. The summed E-state index contributed by atoms with van der Waals surface area (Å²) in [7, 11) is 0. The first-order valence-electron chi connectivity index (χ1n) is 5.51. The van der Waals surface area contributed by atoms with Gasteiger partial charge in [0.2, 0.25) is 0 Å². The number of benzene rings is 1. The summed E-state index contributed by atoms with van der Waals surface area (Å²) in [5, 5.41) is 14.2. The van der Waals surface area contributed by atoms with Gasteiger partial charge in [0.15, 0.2) is 0 Å². The Labute approximate surface area is 122 Å². The third-order valence-electron chi connectivity index (χ3n) is 2.58. The molecule has 0 saturated carbocycles. The molecule has 0 radical (unpaired) electrons. The van der Waals surface area contributed by atoms with Crippen LogP contribution < -0.4 is 5.32 Å². The van der Waals surface area contributed by atoms with E-state index in [1.165, 1.54) is 18.2 Å². The predicted octanol–water partition coefficient (Wildman–Crippen LogP) is 3.57. The quantitative estimate of drug-likeness (QED) is 0.872. The van der Waals surface area contributed by atoms with Crippen molar-refractivity contribution in [2.45, 2.75) is 12.6 Å². The molecule has 6 heteroatoms. The van der Waals surface area contributed by atoms with Gasteiger partial charge in [-0.1, -0.05) is 28.1 Å². The zero-order valence-corrected chi connectivity index (χ0v) is 12.2. The van der Waals surface area contributed by atoms with Crippen molar-refractivity contribution in [1.29, 1.82) is 0 Å². The van der Waals surface area contributed by atoms with Gasteiger partial charge in [0.1, 0.15) is 11.9 Å². The van der Waals surface area contributed by atoms with E-state index in [2.05, 4.69) is 21.2 Å². The summed E-state index contributed by atoms with van der Waals surface area (Å²) < 4.78 is 13.5. The van der Waals surface area contributed by atoms with E-state index >= 15 is 0 Å². The maximum Gasteiger partial charge on any atom is 0.325 e. The second-order valence-electron chi connectivity index (χ2n) is 3.90. The minimum absolute atomic E-state index is 0.405. The fourth-order valence-corrected chi connectivity index (χ4v) is 2.92. The molecule has 19 heavy (non-hydrogen) atoms. The van der Waals surface area contributed by atoms with Crippen molar-refractivity contribution in [3.8, 4) is 0 Å². The highest BCUT2D eigenvalue weighted by Crippen LogP contribution is 2.25. The molecule has 0 fully saturated rings. The molecule has 0 amide bonds. The Bertz CT molecular complexity index is 574. The second-order valence-corrected chi connectivity index (χ2v) is 5.78. The van der Waals surface area contributed by atoms with Crippen LogP contribution in [0, 0.1) is 5.82 Å². The van der Waals surface area contributed by atoms with Crippen LogP contribution in [0.25, 0.3) is 0 Å². The highest BCUT2D eigenvalue weighted by Gasteiger charge is 2.21. The summed E-state index contributed by atoms with van der Waals surface area (Å²) in [6.45, 7) is 0.457. The first-order chi connectivity index (χ1) is 9.08. The Balaban J connectivity index is 2.17. The van der Waals surface area contributed by atoms with Crippen LogP contribution in [0.4, 0.5) is 4.39 Å². The van der Waals surface area contributed by atoms with E-state index in [9.17, 15) is 14.3 Å². The van der Waals surface area contributed by atoms with Gasteiger partial charge in [0, 0.05) is 15.9 Å². The Morgan fingerprint density at radius 1 is 1.47 bits per heavy atom. The first-order valence-corrected chi connectivity index (χ1v) is 7.18. The van der Waals surface area contributed by atoms with Crippen LogP contribution in [0.3, 0.4) is 0 Å². The number of carboxylic acid groups (broad SMARTS) is 1. The van der Waals surface area contributed by atoms with Crippen molar-refractivity contribution < 1.29 is 14.3 Å². The van der Waals surface area contributed by atoms with Gasteiger partial charge in [-0.2, -0.15) is 0 Å². The average Bonchev–Trinajstić information content (AvgIpc) is 2.84. The second kappa shape index (κ2) is 6.27. The van der Waals surface area contributed by atoms with Crippen molar-refractivity contribution in [3.05, 3.63) is 56.4 Å². The van der Waals surface area contributed by atoms with Crippen molar-refractivity contribution in [2.75, 3.05) is 0 Å². The standard InChI is InChI=1S/C13H11BrFNO2S/c14-11-6-8(15)3-4-10(11)12(13(17)18)16-7-9-2-1-5-19-9/h1-6,12,16H,7H2,(H,17,18). The smallest absolute Gasteiger partial charge is 0.325 e. The van der Waals surface area contributed by atoms with Gasteiger partial charge < -0.3 is 5.11 Å². The lowest BCUT2D eigenvalue weighted by molar-refractivity contribution is -0.139. The molecule has 1 aromatic heterocycles. The number of carboxylic acids is 1. The fourth-order valence-electron chi connectivity index (χ4n) is 1.68. The SMILES string of the molecule is O=C(O)C(NCc1cccs1)c1ccc(F)cc1Br. The summed E-state index contributed by atoms with van der Waals surface area (Å²) in [4.78, 5) is 12.4. The third kappa shape index (κ3) is 3.62. The Morgan fingerprint density at radius 3 is 2.84 bits per heavy atom. The zero-order chi connectivity index (χ0) is 13.8. The highest BCUT2D eigenvalue weighted by molar-refractivity contribution is 9.10. The van der Waals surface area contributed by atoms with Gasteiger partial charge in [-0.3, -0.25) is 10.1 Å². The number of carbonyl (C=O) groups is 1. The molecule has 0 aliphatic carbocycles. The molecule has 0 saturated heterocycles. The van der Waals surface area contributed by atoms with Crippen LogP contribution in [0.2, 0.25) is 0 Å². The topological polar surface area (TPSA) is 49.3 Å². The monoisotopic (exact) mass is 343 g/mol. The van der Waals surface area contributed by atoms with Crippen LogP contribution in [0.5, 0.6) is 0 Å². The molecular weight excluding hydrogens is 333 g/mol. The van der Waals surface area contributed by atoms with E-state index in [4.69, 9.17) is 0 Å². The molecule has 3 nitrogen and oxygen atoms in total. The molecule has 2 aromatic rings. The predicted molar refractivity (Wildman–Crippen MR) is 75.6 cm³/mol. The lowest BCUT2D eigenvalue weighted by Crippen LogP contribution is -2.28. The summed E-state index contributed by atoms with van der Waals surface area (Å²) in [6.07, 6.45) is 0. The van der Waals surface area contributed by atoms with Gasteiger partial charge in [-0.05, 0) is 29.1 Å². The lowest BCUT2D eigenvalue weighted by atomic mass is 10.1. The summed E-state index contributed by atoms with van der Waals surface area (Å²) in [6, 6.07) is 6.94. The van der Waals surface area contributed by atoms with Gasteiger partial charge in [-0.15, -0.1) is 11.3 Å². The Kier molecular flexibility index (Phi) is 4.68. The molecule has 1 unspecified atom stereocenters. The van der Waals surface area contributed by atoms with Crippen LogP contribution in [-0.4, -0.2) is 11.1 Å². The molecule has 1 atom stereocenters. The van der Waals surface area contributed by atoms with Crippen LogP contribution in [-0.2, 0) is 11.3 Å². The van der Waals surface area contributed by atoms with Crippen LogP contribution in [0.15, 0.2) is 40.2 Å². The van der Waals surface area contributed by atoms with Crippen LogP contribution >= 0.6 is 27.3 Å².